The van der Waals surface area contributed by atoms with E-state index in [2.05, 4.69) is 15.6 Å². The molecular formula is C26H34FN4NaO7S. The molecule has 4 N–H and O–H groups in total. The van der Waals surface area contributed by atoms with Gasteiger partial charge in [-0.1, -0.05) is 33.8 Å². The van der Waals surface area contributed by atoms with Gasteiger partial charge in [0.25, 0.3) is 5.91 Å². The Hall–Kier alpha value is -2.03. The molecule has 1 saturated heterocycles. The maximum atomic E-state index is 14.1. The molecule has 11 nitrogen and oxygen atoms in total. The first kappa shape index (κ1) is 32.5. The number of rotatable bonds is 9. The molecule has 2 heterocycles. The molecule has 0 spiro atoms. The maximum Gasteiger partial charge on any atom is 1.00 e. The van der Waals surface area contributed by atoms with Gasteiger partial charge < -0.3 is 30.2 Å². The van der Waals surface area contributed by atoms with E-state index < -0.39 is 57.2 Å². The molecule has 1 aliphatic heterocycles. The van der Waals surface area contributed by atoms with Crippen LogP contribution in [-0.4, -0.2) is 75.8 Å². The number of aliphatic hydroxyl groups is 1. The number of nitrogens with zero attached hydrogens (tertiary/aromatic N) is 1. The number of likely N-dealkylation sites (tertiary alicyclic amines) is 1. The SMILES string of the molecule is CC(C)C[C@H](NC(=O)c1cc2c(F)cccc2[nH]1)C(=O)N1C[C@H]2[C@@H]([C@H]1C(=O)N[C@@H](C)C(O)S(=O)(=O)[O-])C2(C)C.[Na+]. The molecule has 1 saturated carbocycles. The fraction of sp³-hybridized carbons (Fsp3) is 0.577. The van der Waals surface area contributed by atoms with Gasteiger partial charge in [-0.25, -0.2) is 12.8 Å². The Kier molecular flexibility index (Phi) is 9.49. The smallest absolute Gasteiger partial charge is 0.746 e. The number of aromatic nitrogens is 1. The monoisotopic (exact) mass is 588 g/mol. The van der Waals surface area contributed by atoms with Crippen LogP contribution < -0.4 is 40.2 Å². The molecule has 3 amide bonds. The summed E-state index contributed by atoms with van der Waals surface area (Å²) in [6.45, 7) is 9.14. The van der Waals surface area contributed by atoms with E-state index in [-0.39, 0.29) is 76.8 Å². The number of halogens is 1. The van der Waals surface area contributed by atoms with E-state index in [1.54, 1.807) is 6.07 Å². The summed E-state index contributed by atoms with van der Waals surface area (Å²) in [5, 5.41) is 15.2. The molecule has 4 rings (SSSR count). The van der Waals surface area contributed by atoms with Crippen LogP contribution in [0.5, 0.6) is 0 Å². The zero-order valence-corrected chi connectivity index (χ0v) is 26.2. The first-order valence-electron chi connectivity index (χ1n) is 12.9. The van der Waals surface area contributed by atoms with Crippen molar-refractivity contribution in [3.8, 4) is 0 Å². The minimum atomic E-state index is -5.07. The van der Waals surface area contributed by atoms with Gasteiger partial charge in [0.05, 0.1) is 6.04 Å². The van der Waals surface area contributed by atoms with Gasteiger partial charge in [0.15, 0.2) is 5.44 Å². The maximum absolute atomic E-state index is 14.1. The number of fused-ring (bicyclic) bond motifs is 2. The number of hydrogen-bond acceptors (Lipinski definition) is 7. The molecule has 1 aromatic carbocycles. The van der Waals surface area contributed by atoms with E-state index in [0.717, 1.165) is 0 Å². The number of H-pyrrole nitrogens is 1. The number of amides is 3. The van der Waals surface area contributed by atoms with Crippen LogP contribution in [0.3, 0.4) is 0 Å². The molecule has 40 heavy (non-hydrogen) atoms. The summed E-state index contributed by atoms with van der Waals surface area (Å²) in [5.74, 6) is -2.47. The summed E-state index contributed by atoms with van der Waals surface area (Å²) in [4.78, 5) is 44.5. The largest absolute Gasteiger partial charge is 1.00 e. The first-order chi connectivity index (χ1) is 18.0. The molecule has 6 atom stereocenters. The number of nitrogens with one attached hydrogen (secondary N) is 3. The van der Waals surface area contributed by atoms with Crippen molar-refractivity contribution in [2.24, 2.45) is 23.2 Å². The molecule has 14 heteroatoms. The Bertz CT molecular complexity index is 1410. The number of piperidine rings is 1. The van der Waals surface area contributed by atoms with Crippen molar-refractivity contribution in [2.75, 3.05) is 6.54 Å². The zero-order valence-electron chi connectivity index (χ0n) is 23.4. The predicted molar refractivity (Wildman–Crippen MR) is 139 cm³/mol. The Morgan fingerprint density at radius 3 is 2.45 bits per heavy atom. The topological polar surface area (TPSA) is 172 Å². The van der Waals surface area contributed by atoms with Gasteiger partial charge >= 0.3 is 29.6 Å². The standard InChI is InChI=1S/C26H35FN4O7S.Na/c1-12(2)9-19(30-22(32)18-10-14-16(27)7-6-8-17(14)29-18)24(34)31-11-15-20(26(15,4)5)21(31)23(33)28-13(3)25(35)39(36,37)38;/h6-8,10,12-13,15,19-21,25,29,35H,9,11H2,1-5H3,(H,28,33)(H,30,32)(H,36,37,38);/q;+1/p-1/t13-,15-,19-,20-,21-,25?;/m0./s1. The molecule has 0 bridgehead atoms. The first-order valence-corrected chi connectivity index (χ1v) is 14.3. The van der Waals surface area contributed by atoms with E-state index in [9.17, 15) is 36.9 Å². The Balaban J connectivity index is 0.00000441. The van der Waals surface area contributed by atoms with E-state index in [1.165, 1.54) is 30.0 Å². The van der Waals surface area contributed by atoms with Crippen LogP contribution in [0.25, 0.3) is 10.9 Å². The average Bonchev–Trinajstić information content (AvgIpc) is 3.22. The number of hydrogen-bond donors (Lipinski definition) is 4. The molecule has 1 unspecified atom stereocenters. The molecule has 2 aromatic rings. The average molecular weight is 589 g/mol. The van der Waals surface area contributed by atoms with Crippen LogP contribution in [0.15, 0.2) is 24.3 Å². The summed E-state index contributed by atoms with van der Waals surface area (Å²) in [5.41, 5.74) is -2.08. The predicted octanol–water partition coefficient (Wildman–Crippen LogP) is -1.69. The minimum absolute atomic E-state index is 0. The summed E-state index contributed by atoms with van der Waals surface area (Å²) >= 11 is 0. The van der Waals surface area contributed by atoms with Gasteiger partial charge in [-0.05, 0) is 54.7 Å². The summed E-state index contributed by atoms with van der Waals surface area (Å²) in [6.07, 6.45) is 0.270. The van der Waals surface area contributed by atoms with Crippen molar-refractivity contribution < 1.29 is 66.4 Å². The molecule has 214 valence electrons. The van der Waals surface area contributed by atoms with Gasteiger partial charge in [0, 0.05) is 17.4 Å². The number of carbonyl (C=O) groups excluding carboxylic acids is 3. The number of benzene rings is 1. The van der Waals surface area contributed by atoms with E-state index >= 15 is 0 Å². The number of aromatic amines is 1. The Labute approximate surface area is 254 Å². The third-order valence-electron chi connectivity index (χ3n) is 8.02. The van der Waals surface area contributed by atoms with Gasteiger partial charge in [0.1, 0.15) is 33.7 Å². The minimum Gasteiger partial charge on any atom is -0.746 e. The Morgan fingerprint density at radius 2 is 1.88 bits per heavy atom. The van der Waals surface area contributed by atoms with Crippen LogP contribution in [-0.2, 0) is 19.7 Å². The number of aliphatic hydroxyl groups excluding tert-OH is 1. The van der Waals surface area contributed by atoms with E-state index in [1.807, 2.05) is 27.7 Å². The fourth-order valence-electron chi connectivity index (χ4n) is 5.81. The number of carbonyl (C=O) groups is 3. The zero-order chi connectivity index (χ0) is 29.0. The summed E-state index contributed by atoms with van der Waals surface area (Å²) < 4.78 is 47.8. The van der Waals surface area contributed by atoms with E-state index in [4.69, 9.17) is 0 Å². The molecule has 0 radical (unpaired) electrons. The molecule has 2 fully saturated rings. The fourth-order valence-corrected chi connectivity index (χ4v) is 6.38. The van der Waals surface area contributed by atoms with Crippen molar-refractivity contribution >= 4 is 38.7 Å². The van der Waals surface area contributed by atoms with Crippen LogP contribution in [0.4, 0.5) is 4.39 Å². The van der Waals surface area contributed by atoms with Crippen LogP contribution in [0, 0.1) is 29.0 Å². The van der Waals surface area contributed by atoms with Crippen LogP contribution in [0.2, 0.25) is 0 Å². The normalized spacial score (nSPS) is 23.6. The quantitative estimate of drug-likeness (QED) is 0.200. The molecular weight excluding hydrogens is 554 g/mol. The van der Waals surface area contributed by atoms with Crippen molar-refractivity contribution in [3.63, 3.8) is 0 Å². The van der Waals surface area contributed by atoms with Gasteiger partial charge in [-0.2, -0.15) is 0 Å². The van der Waals surface area contributed by atoms with E-state index in [0.29, 0.717) is 5.52 Å². The second kappa shape index (κ2) is 11.7. The van der Waals surface area contributed by atoms with Gasteiger partial charge in [-0.3, -0.25) is 14.4 Å². The summed E-state index contributed by atoms with van der Waals surface area (Å²) in [6, 6.07) is 2.43. The summed E-state index contributed by atoms with van der Waals surface area (Å²) in [7, 11) is -5.07. The molecule has 2 aliphatic rings. The van der Waals surface area contributed by atoms with Crippen molar-refractivity contribution in [2.45, 2.75) is 64.6 Å². The Morgan fingerprint density at radius 1 is 1.23 bits per heavy atom. The second-order valence-electron chi connectivity index (χ2n) is 11.6. The third kappa shape index (κ3) is 6.24. The van der Waals surface area contributed by atoms with Crippen LogP contribution in [0.1, 0.15) is 51.5 Å². The van der Waals surface area contributed by atoms with Crippen molar-refractivity contribution in [1.29, 1.82) is 0 Å². The van der Waals surface area contributed by atoms with Crippen LogP contribution >= 0.6 is 0 Å². The second-order valence-corrected chi connectivity index (χ2v) is 13.1. The van der Waals surface area contributed by atoms with Gasteiger partial charge in [0.2, 0.25) is 11.8 Å². The third-order valence-corrected chi connectivity index (χ3v) is 9.02. The van der Waals surface area contributed by atoms with Crippen molar-refractivity contribution in [3.05, 3.63) is 35.8 Å². The molecule has 1 aromatic heterocycles. The molecule has 1 aliphatic carbocycles. The van der Waals surface area contributed by atoms with Gasteiger partial charge in [-0.15, -0.1) is 0 Å². The van der Waals surface area contributed by atoms with Crippen molar-refractivity contribution in [1.82, 2.24) is 20.5 Å².